The summed E-state index contributed by atoms with van der Waals surface area (Å²) in [4.78, 5) is 25.9. The lowest BCUT2D eigenvalue weighted by atomic mass is 10.1. The van der Waals surface area contributed by atoms with Gasteiger partial charge in [0.2, 0.25) is 11.8 Å². The number of carbonyl (C=O) groups excluding carboxylic acids is 2. The normalized spacial score (nSPS) is 16.9. The van der Waals surface area contributed by atoms with Crippen molar-refractivity contribution in [2.24, 2.45) is 5.73 Å². The first kappa shape index (κ1) is 20.5. The van der Waals surface area contributed by atoms with Crippen molar-refractivity contribution in [3.05, 3.63) is 63.9 Å². The fourth-order valence-corrected chi connectivity index (χ4v) is 3.85. The highest BCUT2D eigenvalue weighted by atomic mass is 79.9. The van der Waals surface area contributed by atoms with Gasteiger partial charge < -0.3 is 11.1 Å². The topological polar surface area (TPSA) is 75.4 Å². The molecule has 7 heteroatoms. The summed E-state index contributed by atoms with van der Waals surface area (Å²) in [5, 5.41) is 2.86. The SMILES string of the molecule is NC(=O)C1CCCN1Cc1cccc(NC(=O)CCc2ccc(Br)cc2F)c1. The first-order chi connectivity index (χ1) is 13.4. The molecule has 2 aromatic rings. The standard InChI is InChI=1S/C21H23BrFN3O2/c22-16-8-6-15(18(23)12-16)7-9-20(27)25-17-4-1-3-14(11-17)13-26-10-2-5-19(26)21(24)28/h1,3-4,6,8,11-12,19H,2,5,7,9-10,13H2,(H2,24,28)(H,25,27). The van der Waals surface area contributed by atoms with Crippen LogP contribution in [-0.2, 0) is 22.6 Å². The zero-order valence-electron chi connectivity index (χ0n) is 15.5. The molecule has 3 rings (SSSR count). The van der Waals surface area contributed by atoms with Crippen LogP contribution in [0.1, 0.15) is 30.4 Å². The summed E-state index contributed by atoms with van der Waals surface area (Å²) < 4.78 is 14.5. The Balaban J connectivity index is 1.56. The van der Waals surface area contributed by atoms with Crippen LogP contribution in [-0.4, -0.2) is 29.3 Å². The van der Waals surface area contributed by atoms with Crippen LogP contribution in [0.15, 0.2) is 46.9 Å². The molecule has 0 bridgehead atoms. The van der Waals surface area contributed by atoms with Gasteiger partial charge in [-0.25, -0.2) is 4.39 Å². The number of benzene rings is 2. The molecule has 0 saturated carbocycles. The number of amides is 2. The molecule has 1 aliphatic heterocycles. The minimum atomic E-state index is -0.321. The number of halogens is 2. The highest BCUT2D eigenvalue weighted by Gasteiger charge is 2.28. The van der Waals surface area contributed by atoms with Crippen molar-refractivity contribution >= 4 is 33.4 Å². The van der Waals surface area contributed by atoms with E-state index in [1.807, 2.05) is 24.3 Å². The Kier molecular flexibility index (Phi) is 6.80. The molecule has 1 aliphatic rings. The number of nitrogens with two attached hydrogens (primary N) is 1. The molecule has 1 unspecified atom stereocenters. The number of likely N-dealkylation sites (tertiary alicyclic amines) is 1. The van der Waals surface area contributed by atoms with E-state index in [0.29, 0.717) is 28.7 Å². The van der Waals surface area contributed by atoms with Crippen molar-refractivity contribution in [3.8, 4) is 0 Å². The van der Waals surface area contributed by atoms with Crippen LogP contribution in [0, 0.1) is 5.82 Å². The molecular weight excluding hydrogens is 425 g/mol. The van der Waals surface area contributed by atoms with Crippen molar-refractivity contribution in [1.29, 1.82) is 0 Å². The van der Waals surface area contributed by atoms with Crippen LogP contribution in [0.25, 0.3) is 0 Å². The number of nitrogens with one attached hydrogen (secondary N) is 1. The average molecular weight is 448 g/mol. The zero-order valence-corrected chi connectivity index (χ0v) is 17.0. The largest absolute Gasteiger partial charge is 0.368 e. The lowest BCUT2D eigenvalue weighted by Gasteiger charge is -2.22. The van der Waals surface area contributed by atoms with Crippen molar-refractivity contribution in [3.63, 3.8) is 0 Å². The molecule has 0 spiro atoms. The minimum absolute atomic E-state index is 0.171. The molecule has 2 amide bonds. The Hall–Kier alpha value is -2.25. The molecule has 1 atom stereocenters. The second kappa shape index (κ2) is 9.30. The summed E-state index contributed by atoms with van der Waals surface area (Å²) in [6.45, 7) is 1.45. The van der Waals surface area contributed by atoms with Crippen molar-refractivity contribution in [2.45, 2.75) is 38.3 Å². The van der Waals surface area contributed by atoms with E-state index < -0.39 is 0 Å². The van der Waals surface area contributed by atoms with Gasteiger partial charge in [-0.1, -0.05) is 34.1 Å². The number of primary amides is 1. The molecule has 0 aliphatic carbocycles. The van der Waals surface area contributed by atoms with E-state index in [9.17, 15) is 14.0 Å². The lowest BCUT2D eigenvalue weighted by molar-refractivity contribution is -0.122. The second-order valence-corrected chi connectivity index (χ2v) is 7.93. The van der Waals surface area contributed by atoms with Crippen LogP contribution < -0.4 is 11.1 Å². The molecule has 1 heterocycles. The third-order valence-electron chi connectivity index (χ3n) is 4.93. The van der Waals surface area contributed by atoms with Gasteiger partial charge in [-0.05, 0) is 61.2 Å². The van der Waals surface area contributed by atoms with Gasteiger partial charge in [-0.15, -0.1) is 0 Å². The molecule has 28 heavy (non-hydrogen) atoms. The Morgan fingerprint density at radius 2 is 2.07 bits per heavy atom. The maximum Gasteiger partial charge on any atom is 0.234 e. The fourth-order valence-electron chi connectivity index (χ4n) is 3.52. The summed E-state index contributed by atoms with van der Waals surface area (Å²) in [6, 6.07) is 12.2. The van der Waals surface area contributed by atoms with Gasteiger partial charge in [0.15, 0.2) is 0 Å². The summed E-state index contributed by atoms with van der Waals surface area (Å²) in [7, 11) is 0. The number of rotatable bonds is 7. The maximum atomic E-state index is 13.9. The first-order valence-corrected chi connectivity index (χ1v) is 10.1. The Labute approximate surface area is 172 Å². The Morgan fingerprint density at radius 1 is 1.25 bits per heavy atom. The average Bonchev–Trinajstić information content (AvgIpc) is 3.09. The van der Waals surface area contributed by atoms with E-state index in [4.69, 9.17) is 5.73 Å². The molecule has 1 saturated heterocycles. The summed E-state index contributed by atoms with van der Waals surface area (Å²) in [5.41, 5.74) is 7.68. The van der Waals surface area contributed by atoms with E-state index in [-0.39, 0.29) is 30.1 Å². The van der Waals surface area contributed by atoms with Crippen LogP contribution in [0.2, 0.25) is 0 Å². The van der Waals surface area contributed by atoms with Crippen molar-refractivity contribution in [1.82, 2.24) is 4.90 Å². The van der Waals surface area contributed by atoms with Crippen LogP contribution >= 0.6 is 15.9 Å². The quantitative estimate of drug-likeness (QED) is 0.680. The number of hydrogen-bond donors (Lipinski definition) is 2. The van der Waals surface area contributed by atoms with Crippen LogP contribution in [0.3, 0.4) is 0 Å². The lowest BCUT2D eigenvalue weighted by Crippen LogP contribution is -2.39. The molecular formula is C21H23BrFN3O2. The summed E-state index contributed by atoms with van der Waals surface area (Å²) in [5.74, 6) is -0.781. The predicted molar refractivity (Wildman–Crippen MR) is 110 cm³/mol. The molecule has 1 fully saturated rings. The van der Waals surface area contributed by atoms with Gasteiger partial charge >= 0.3 is 0 Å². The highest BCUT2D eigenvalue weighted by Crippen LogP contribution is 2.21. The number of carbonyl (C=O) groups is 2. The highest BCUT2D eigenvalue weighted by molar-refractivity contribution is 9.10. The number of anilines is 1. The number of aryl methyl sites for hydroxylation is 1. The molecule has 2 aromatic carbocycles. The van der Waals surface area contributed by atoms with Gasteiger partial charge in [-0.2, -0.15) is 0 Å². The van der Waals surface area contributed by atoms with E-state index in [1.54, 1.807) is 12.1 Å². The molecule has 148 valence electrons. The van der Waals surface area contributed by atoms with Crippen LogP contribution in [0.5, 0.6) is 0 Å². The van der Waals surface area contributed by atoms with Gasteiger partial charge in [0.1, 0.15) is 5.82 Å². The van der Waals surface area contributed by atoms with Crippen molar-refractivity contribution < 1.29 is 14.0 Å². The Morgan fingerprint density at radius 3 is 2.82 bits per heavy atom. The van der Waals surface area contributed by atoms with E-state index in [0.717, 1.165) is 24.9 Å². The molecule has 0 radical (unpaired) electrons. The van der Waals surface area contributed by atoms with Gasteiger partial charge in [0.25, 0.3) is 0 Å². The van der Waals surface area contributed by atoms with E-state index in [2.05, 4.69) is 26.1 Å². The fraction of sp³-hybridized carbons (Fsp3) is 0.333. The number of nitrogens with zero attached hydrogens (tertiary/aromatic N) is 1. The third-order valence-corrected chi connectivity index (χ3v) is 5.42. The maximum absolute atomic E-state index is 13.9. The van der Waals surface area contributed by atoms with E-state index >= 15 is 0 Å². The molecule has 5 nitrogen and oxygen atoms in total. The van der Waals surface area contributed by atoms with E-state index in [1.165, 1.54) is 6.07 Å². The second-order valence-electron chi connectivity index (χ2n) is 7.02. The van der Waals surface area contributed by atoms with Crippen LogP contribution in [0.4, 0.5) is 10.1 Å². The predicted octanol–water partition coefficient (Wildman–Crippen LogP) is 3.61. The molecule has 3 N–H and O–H groups in total. The van der Waals surface area contributed by atoms with Gasteiger partial charge in [0, 0.05) is 23.1 Å². The summed E-state index contributed by atoms with van der Waals surface area (Å²) in [6.07, 6.45) is 2.27. The monoisotopic (exact) mass is 447 g/mol. The first-order valence-electron chi connectivity index (χ1n) is 9.28. The third kappa shape index (κ3) is 5.39. The van der Waals surface area contributed by atoms with Crippen molar-refractivity contribution in [2.75, 3.05) is 11.9 Å². The molecule has 0 aromatic heterocycles. The smallest absolute Gasteiger partial charge is 0.234 e. The summed E-state index contributed by atoms with van der Waals surface area (Å²) >= 11 is 3.22. The minimum Gasteiger partial charge on any atom is -0.368 e. The van der Waals surface area contributed by atoms with Gasteiger partial charge in [-0.3, -0.25) is 14.5 Å². The van der Waals surface area contributed by atoms with Gasteiger partial charge in [0.05, 0.1) is 6.04 Å². The Bertz CT molecular complexity index is 874. The zero-order chi connectivity index (χ0) is 20.1. The number of hydrogen-bond acceptors (Lipinski definition) is 3.